The average molecular weight is 483 g/mol. The first kappa shape index (κ1) is 21.2. The number of amides is 2. The largest absolute Gasteiger partial charge is 0.486 e. The van der Waals surface area contributed by atoms with Gasteiger partial charge in [-0.25, -0.2) is 0 Å². The Morgan fingerprint density at radius 3 is 2.55 bits per heavy atom. The maximum absolute atomic E-state index is 12.4. The Hall–Kier alpha value is -3.06. The van der Waals surface area contributed by atoms with Crippen molar-refractivity contribution in [2.75, 3.05) is 13.1 Å². The van der Waals surface area contributed by atoms with Crippen molar-refractivity contribution >= 4 is 27.7 Å². The predicted octanol–water partition coefficient (Wildman–Crippen LogP) is 4.79. The number of benzene rings is 2. The van der Waals surface area contributed by atoms with Crippen LogP contribution in [-0.4, -0.2) is 29.8 Å². The molecule has 1 aromatic heterocycles. The standard InChI is InChI=1S/C24H23BrN2O4/c25-19-4-3-5-20(14-19)30-16-21-10-11-22(31-21)23(28)26-15-17-6-8-18(9-7-17)24(29)27-12-1-2-13-27/h3-11,14H,1-2,12-13,15-16H2,(H,26,28). The summed E-state index contributed by atoms with van der Waals surface area (Å²) in [6, 6.07) is 18.2. The van der Waals surface area contributed by atoms with E-state index in [1.165, 1.54) is 0 Å². The molecule has 1 fully saturated rings. The summed E-state index contributed by atoms with van der Waals surface area (Å²) in [6.07, 6.45) is 2.14. The molecule has 0 aliphatic carbocycles. The minimum absolute atomic E-state index is 0.0706. The first-order valence-corrected chi connectivity index (χ1v) is 11.0. The Balaban J connectivity index is 1.27. The molecule has 0 saturated carbocycles. The van der Waals surface area contributed by atoms with Crippen LogP contribution in [0.15, 0.2) is 69.6 Å². The topological polar surface area (TPSA) is 71.8 Å². The van der Waals surface area contributed by atoms with Crippen LogP contribution in [0, 0.1) is 0 Å². The van der Waals surface area contributed by atoms with Crippen molar-refractivity contribution in [3.63, 3.8) is 0 Å². The van der Waals surface area contributed by atoms with Crippen LogP contribution in [0.25, 0.3) is 0 Å². The van der Waals surface area contributed by atoms with Gasteiger partial charge in [-0.15, -0.1) is 0 Å². The summed E-state index contributed by atoms with van der Waals surface area (Å²) in [5.74, 6) is 1.28. The van der Waals surface area contributed by atoms with Gasteiger partial charge in [0.1, 0.15) is 18.1 Å². The van der Waals surface area contributed by atoms with Crippen LogP contribution in [0.2, 0.25) is 0 Å². The molecule has 31 heavy (non-hydrogen) atoms. The number of likely N-dealkylation sites (tertiary alicyclic amines) is 1. The number of carbonyl (C=O) groups is 2. The fraction of sp³-hybridized carbons (Fsp3) is 0.250. The first-order chi connectivity index (χ1) is 15.1. The van der Waals surface area contributed by atoms with Crippen LogP contribution in [-0.2, 0) is 13.2 Å². The number of hydrogen-bond donors (Lipinski definition) is 1. The summed E-state index contributed by atoms with van der Waals surface area (Å²) < 4.78 is 12.2. The van der Waals surface area contributed by atoms with Crippen molar-refractivity contribution < 1.29 is 18.7 Å². The van der Waals surface area contributed by atoms with Gasteiger partial charge in [0.05, 0.1) is 0 Å². The van der Waals surface area contributed by atoms with Crippen LogP contribution in [0.5, 0.6) is 5.75 Å². The Labute approximate surface area is 189 Å². The van der Waals surface area contributed by atoms with Gasteiger partial charge in [0, 0.05) is 29.7 Å². The summed E-state index contributed by atoms with van der Waals surface area (Å²) in [7, 11) is 0. The number of rotatable bonds is 7. The molecule has 1 aliphatic heterocycles. The van der Waals surface area contributed by atoms with Crippen LogP contribution in [0.3, 0.4) is 0 Å². The highest BCUT2D eigenvalue weighted by Crippen LogP contribution is 2.19. The van der Waals surface area contributed by atoms with Gasteiger partial charge in [0.15, 0.2) is 5.76 Å². The lowest BCUT2D eigenvalue weighted by atomic mass is 10.1. The Morgan fingerprint density at radius 2 is 1.81 bits per heavy atom. The maximum Gasteiger partial charge on any atom is 0.287 e. The van der Waals surface area contributed by atoms with Crippen LogP contribution in [0.4, 0.5) is 0 Å². The number of carbonyl (C=O) groups excluding carboxylic acids is 2. The minimum atomic E-state index is -0.300. The zero-order valence-corrected chi connectivity index (χ0v) is 18.6. The van der Waals surface area contributed by atoms with E-state index in [0.29, 0.717) is 23.6 Å². The van der Waals surface area contributed by atoms with Gasteiger partial charge in [0.25, 0.3) is 11.8 Å². The van der Waals surface area contributed by atoms with E-state index in [-0.39, 0.29) is 24.2 Å². The monoisotopic (exact) mass is 482 g/mol. The van der Waals surface area contributed by atoms with Gasteiger partial charge in [-0.1, -0.05) is 34.1 Å². The van der Waals surface area contributed by atoms with Gasteiger partial charge >= 0.3 is 0 Å². The molecule has 2 aromatic carbocycles. The van der Waals surface area contributed by atoms with E-state index in [1.54, 1.807) is 12.1 Å². The van der Waals surface area contributed by atoms with E-state index >= 15 is 0 Å². The molecule has 0 bridgehead atoms. The molecule has 7 heteroatoms. The van der Waals surface area contributed by atoms with Crippen molar-refractivity contribution in [2.24, 2.45) is 0 Å². The summed E-state index contributed by atoms with van der Waals surface area (Å²) in [5.41, 5.74) is 1.59. The molecule has 160 valence electrons. The Bertz CT molecular complexity index is 1060. The zero-order chi connectivity index (χ0) is 21.6. The number of nitrogens with one attached hydrogen (secondary N) is 1. The quantitative estimate of drug-likeness (QED) is 0.525. The Morgan fingerprint density at radius 1 is 1.03 bits per heavy atom. The van der Waals surface area contributed by atoms with Crippen LogP contribution < -0.4 is 10.1 Å². The van der Waals surface area contributed by atoms with Crippen molar-refractivity contribution in [3.05, 3.63) is 87.8 Å². The van der Waals surface area contributed by atoms with Crippen molar-refractivity contribution in [1.82, 2.24) is 10.2 Å². The predicted molar refractivity (Wildman–Crippen MR) is 120 cm³/mol. The average Bonchev–Trinajstić information content (AvgIpc) is 3.48. The van der Waals surface area contributed by atoms with Crippen molar-refractivity contribution in [1.29, 1.82) is 0 Å². The third-order valence-corrected chi connectivity index (χ3v) is 5.60. The molecular formula is C24H23BrN2O4. The number of furan rings is 1. The molecule has 1 aliphatic rings. The molecule has 6 nitrogen and oxygen atoms in total. The van der Waals surface area contributed by atoms with Gasteiger partial charge in [-0.3, -0.25) is 9.59 Å². The molecule has 1 N–H and O–H groups in total. The van der Waals surface area contributed by atoms with E-state index in [1.807, 2.05) is 53.4 Å². The van der Waals surface area contributed by atoms with Crippen LogP contribution >= 0.6 is 15.9 Å². The second kappa shape index (κ2) is 9.83. The molecule has 0 spiro atoms. The number of ether oxygens (including phenoxy) is 1. The summed E-state index contributed by atoms with van der Waals surface area (Å²) in [5, 5.41) is 2.84. The smallest absolute Gasteiger partial charge is 0.287 e. The highest BCUT2D eigenvalue weighted by atomic mass is 79.9. The molecule has 2 heterocycles. The molecule has 0 atom stereocenters. The normalized spacial score (nSPS) is 13.3. The number of hydrogen-bond acceptors (Lipinski definition) is 4. The van der Waals surface area contributed by atoms with Crippen molar-refractivity contribution in [2.45, 2.75) is 26.0 Å². The SMILES string of the molecule is O=C(NCc1ccc(C(=O)N2CCCC2)cc1)c1ccc(COc2cccc(Br)c2)o1. The summed E-state index contributed by atoms with van der Waals surface area (Å²) >= 11 is 3.40. The van der Waals surface area contributed by atoms with E-state index in [4.69, 9.17) is 9.15 Å². The highest BCUT2D eigenvalue weighted by Gasteiger charge is 2.19. The van der Waals surface area contributed by atoms with Crippen molar-refractivity contribution in [3.8, 4) is 5.75 Å². The molecule has 0 radical (unpaired) electrons. The fourth-order valence-corrected chi connectivity index (χ4v) is 3.80. The van der Waals surface area contributed by atoms with E-state index in [0.717, 1.165) is 36.0 Å². The molecular weight excluding hydrogens is 460 g/mol. The minimum Gasteiger partial charge on any atom is -0.486 e. The summed E-state index contributed by atoms with van der Waals surface area (Å²) in [6.45, 7) is 2.24. The number of nitrogens with zero attached hydrogens (tertiary/aromatic N) is 1. The van der Waals surface area contributed by atoms with E-state index in [9.17, 15) is 9.59 Å². The number of halogens is 1. The first-order valence-electron chi connectivity index (χ1n) is 10.2. The summed E-state index contributed by atoms with van der Waals surface area (Å²) in [4.78, 5) is 26.7. The lowest BCUT2D eigenvalue weighted by Gasteiger charge is -2.15. The molecule has 4 rings (SSSR count). The van der Waals surface area contributed by atoms with Gasteiger partial charge in [0.2, 0.25) is 0 Å². The van der Waals surface area contributed by atoms with Gasteiger partial charge < -0.3 is 19.4 Å². The maximum atomic E-state index is 12.4. The van der Waals surface area contributed by atoms with E-state index < -0.39 is 0 Å². The third kappa shape index (κ3) is 5.55. The molecule has 1 saturated heterocycles. The van der Waals surface area contributed by atoms with Crippen LogP contribution in [0.1, 0.15) is 45.1 Å². The third-order valence-electron chi connectivity index (χ3n) is 5.11. The van der Waals surface area contributed by atoms with E-state index in [2.05, 4.69) is 21.2 Å². The molecule has 2 amide bonds. The second-order valence-corrected chi connectivity index (χ2v) is 8.31. The zero-order valence-electron chi connectivity index (χ0n) is 17.0. The highest BCUT2D eigenvalue weighted by molar-refractivity contribution is 9.10. The fourth-order valence-electron chi connectivity index (χ4n) is 3.43. The lowest BCUT2D eigenvalue weighted by molar-refractivity contribution is 0.0792. The van der Waals surface area contributed by atoms with Gasteiger partial charge in [-0.05, 0) is 60.9 Å². The lowest BCUT2D eigenvalue weighted by Crippen LogP contribution is -2.27. The Kier molecular flexibility index (Phi) is 6.72. The molecule has 0 unspecified atom stereocenters. The second-order valence-electron chi connectivity index (χ2n) is 7.39. The molecule has 3 aromatic rings. The van der Waals surface area contributed by atoms with Gasteiger partial charge in [-0.2, -0.15) is 0 Å².